The molecule has 2 aromatic rings. The van der Waals surface area contributed by atoms with Crippen LogP contribution < -0.4 is 10.5 Å². The molecule has 0 spiro atoms. The molecule has 100 valence electrons. The molecule has 3 heteroatoms. The van der Waals surface area contributed by atoms with E-state index in [1.54, 1.807) is 7.11 Å². The van der Waals surface area contributed by atoms with Crippen LogP contribution in [0, 0.1) is 0 Å². The van der Waals surface area contributed by atoms with Crippen molar-refractivity contribution in [3.63, 3.8) is 0 Å². The first kappa shape index (κ1) is 12.5. The fourth-order valence-electron chi connectivity index (χ4n) is 2.88. The number of hydrogen-bond donors (Lipinski definition) is 1. The van der Waals surface area contributed by atoms with Crippen LogP contribution >= 0.6 is 0 Å². The fourth-order valence-corrected chi connectivity index (χ4v) is 2.88. The second-order valence-electron chi connectivity index (χ2n) is 4.96. The van der Waals surface area contributed by atoms with Crippen LogP contribution in [0.15, 0.2) is 36.4 Å². The van der Waals surface area contributed by atoms with E-state index in [1.807, 2.05) is 6.07 Å². The van der Waals surface area contributed by atoms with E-state index in [0.717, 1.165) is 24.2 Å². The monoisotopic (exact) mass is 257 g/mol. The lowest BCUT2D eigenvalue weighted by Gasteiger charge is -2.18. The summed E-state index contributed by atoms with van der Waals surface area (Å²) in [5, 5.41) is 2.43. The van der Waals surface area contributed by atoms with Crippen LogP contribution in [0.25, 0.3) is 10.8 Å². The molecule has 1 aliphatic heterocycles. The highest BCUT2D eigenvalue weighted by molar-refractivity contribution is 5.88. The third kappa shape index (κ3) is 2.20. The van der Waals surface area contributed by atoms with Gasteiger partial charge < -0.3 is 15.2 Å². The lowest BCUT2D eigenvalue weighted by molar-refractivity contribution is 0.0493. The van der Waals surface area contributed by atoms with Gasteiger partial charge in [-0.05, 0) is 29.7 Å². The molecular formula is C16H19NO2. The molecule has 2 N–H and O–H groups in total. The van der Waals surface area contributed by atoms with Gasteiger partial charge >= 0.3 is 0 Å². The highest BCUT2D eigenvalue weighted by atomic mass is 16.5. The van der Waals surface area contributed by atoms with Crippen LogP contribution in [0.3, 0.4) is 0 Å². The lowest BCUT2D eigenvalue weighted by atomic mass is 9.97. The van der Waals surface area contributed by atoms with Gasteiger partial charge in [0.1, 0.15) is 5.75 Å². The summed E-state index contributed by atoms with van der Waals surface area (Å²) in [5.41, 5.74) is 6.86. The number of benzene rings is 2. The molecular weight excluding hydrogens is 238 g/mol. The Balaban J connectivity index is 2.10. The summed E-state index contributed by atoms with van der Waals surface area (Å²) >= 11 is 0. The van der Waals surface area contributed by atoms with E-state index in [4.69, 9.17) is 15.2 Å². The fraction of sp³-hybridized carbons (Fsp3) is 0.375. The first-order chi connectivity index (χ1) is 9.33. The van der Waals surface area contributed by atoms with Crippen LogP contribution in [0.2, 0.25) is 0 Å². The molecule has 1 aliphatic rings. The number of hydrogen-bond acceptors (Lipinski definition) is 3. The van der Waals surface area contributed by atoms with Gasteiger partial charge in [-0.1, -0.05) is 30.3 Å². The second kappa shape index (κ2) is 5.19. The van der Waals surface area contributed by atoms with Crippen LogP contribution in [0.4, 0.5) is 0 Å². The molecule has 0 amide bonds. The zero-order chi connectivity index (χ0) is 13.2. The molecule has 19 heavy (non-hydrogen) atoms. The molecule has 1 heterocycles. The molecule has 1 saturated heterocycles. The molecule has 3 rings (SSSR count). The maximum absolute atomic E-state index is 6.04. The van der Waals surface area contributed by atoms with Gasteiger partial charge in [-0.25, -0.2) is 0 Å². The summed E-state index contributed by atoms with van der Waals surface area (Å²) in [6.45, 7) is 0.587. The van der Waals surface area contributed by atoms with Crippen LogP contribution in [-0.2, 0) is 4.74 Å². The standard InChI is InChI=1S/C16H19NO2/c1-18-14-8-6-11-4-2-3-5-13(11)16(14)15-9-7-12(10-17)19-15/h2-6,8,12,15H,7,9-10,17H2,1H3. The Morgan fingerprint density at radius 1 is 1.21 bits per heavy atom. The smallest absolute Gasteiger partial charge is 0.125 e. The quantitative estimate of drug-likeness (QED) is 0.919. The molecule has 0 radical (unpaired) electrons. The SMILES string of the molecule is COc1ccc2ccccc2c1C1CCC(CN)O1. The van der Waals surface area contributed by atoms with Gasteiger partial charge in [0, 0.05) is 12.1 Å². The zero-order valence-electron chi connectivity index (χ0n) is 11.1. The van der Waals surface area contributed by atoms with E-state index in [1.165, 1.54) is 10.8 Å². The van der Waals surface area contributed by atoms with Crippen molar-refractivity contribution in [1.82, 2.24) is 0 Å². The van der Waals surface area contributed by atoms with Gasteiger partial charge in [-0.2, -0.15) is 0 Å². The predicted molar refractivity (Wildman–Crippen MR) is 76.4 cm³/mol. The average molecular weight is 257 g/mol. The third-order valence-corrected chi connectivity index (χ3v) is 3.84. The number of nitrogens with two attached hydrogens (primary N) is 1. The summed E-state index contributed by atoms with van der Waals surface area (Å²) in [6.07, 6.45) is 2.29. The van der Waals surface area contributed by atoms with Gasteiger partial charge in [-0.3, -0.25) is 0 Å². The number of methoxy groups -OCH3 is 1. The van der Waals surface area contributed by atoms with E-state index < -0.39 is 0 Å². The first-order valence-corrected chi connectivity index (χ1v) is 6.74. The van der Waals surface area contributed by atoms with E-state index in [2.05, 4.69) is 30.3 Å². The Labute approximate surface area is 113 Å². The van der Waals surface area contributed by atoms with Crippen molar-refractivity contribution < 1.29 is 9.47 Å². The summed E-state index contributed by atoms with van der Waals surface area (Å²) in [5.74, 6) is 0.904. The minimum Gasteiger partial charge on any atom is -0.496 e. The van der Waals surface area contributed by atoms with E-state index >= 15 is 0 Å². The largest absolute Gasteiger partial charge is 0.496 e. The maximum Gasteiger partial charge on any atom is 0.125 e. The van der Waals surface area contributed by atoms with Crippen molar-refractivity contribution >= 4 is 10.8 Å². The molecule has 1 fully saturated rings. The highest BCUT2D eigenvalue weighted by Gasteiger charge is 2.29. The molecule has 2 aromatic carbocycles. The van der Waals surface area contributed by atoms with Gasteiger partial charge in [0.15, 0.2) is 0 Å². The van der Waals surface area contributed by atoms with Crippen LogP contribution in [-0.4, -0.2) is 19.8 Å². The van der Waals surface area contributed by atoms with Gasteiger partial charge in [0.05, 0.1) is 19.3 Å². The minimum atomic E-state index is 0.0922. The van der Waals surface area contributed by atoms with E-state index in [0.29, 0.717) is 6.54 Å². The summed E-state index contributed by atoms with van der Waals surface area (Å²) < 4.78 is 11.6. The predicted octanol–water partition coefficient (Wildman–Crippen LogP) is 3.03. The summed E-state index contributed by atoms with van der Waals surface area (Å²) in [7, 11) is 1.71. The number of fused-ring (bicyclic) bond motifs is 1. The van der Waals surface area contributed by atoms with Crippen molar-refractivity contribution in [2.75, 3.05) is 13.7 Å². The maximum atomic E-state index is 6.04. The molecule has 0 saturated carbocycles. The Morgan fingerprint density at radius 2 is 2.05 bits per heavy atom. The molecule has 2 atom stereocenters. The van der Waals surface area contributed by atoms with Crippen molar-refractivity contribution in [3.05, 3.63) is 42.0 Å². The van der Waals surface area contributed by atoms with Gasteiger partial charge in [0.25, 0.3) is 0 Å². The normalized spacial score (nSPS) is 22.8. The van der Waals surface area contributed by atoms with E-state index in [-0.39, 0.29) is 12.2 Å². The van der Waals surface area contributed by atoms with Crippen molar-refractivity contribution in [2.45, 2.75) is 25.0 Å². The molecule has 0 bridgehead atoms. The molecule has 0 aliphatic carbocycles. The highest BCUT2D eigenvalue weighted by Crippen LogP contribution is 2.41. The van der Waals surface area contributed by atoms with Crippen LogP contribution in [0.5, 0.6) is 5.75 Å². The molecule has 3 nitrogen and oxygen atoms in total. The molecule has 0 aromatic heterocycles. The number of rotatable bonds is 3. The summed E-state index contributed by atoms with van der Waals surface area (Å²) in [4.78, 5) is 0. The van der Waals surface area contributed by atoms with Crippen molar-refractivity contribution in [2.24, 2.45) is 5.73 Å². The minimum absolute atomic E-state index is 0.0922. The Kier molecular flexibility index (Phi) is 3.40. The Morgan fingerprint density at radius 3 is 2.79 bits per heavy atom. The first-order valence-electron chi connectivity index (χ1n) is 6.74. The second-order valence-corrected chi connectivity index (χ2v) is 4.96. The lowest BCUT2D eigenvalue weighted by Crippen LogP contribution is -2.19. The van der Waals surface area contributed by atoms with Crippen molar-refractivity contribution in [1.29, 1.82) is 0 Å². The van der Waals surface area contributed by atoms with Gasteiger partial charge in [0.2, 0.25) is 0 Å². The van der Waals surface area contributed by atoms with E-state index in [9.17, 15) is 0 Å². The van der Waals surface area contributed by atoms with Gasteiger partial charge in [-0.15, -0.1) is 0 Å². The number of ether oxygens (including phenoxy) is 2. The summed E-state index contributed by atoms with van der Waals surface area (Å²) in [6, 6.07) is 12.5. The Hall–Kier alpha value is -1.58. The Bertz CT molecular complexity index is 582. The van der Waals surface area contributed by atoms with Crippen LogP contribution in [0.1, 0.15) is 24.5 Å². The average Bonchev–Trinajstić information content (AvgIpc) is 2.94. The molecule has 2 unspecified atom stereocenters. The van der Waals surface area contributed by atoms with Crippen molar-refractivity contribution in [3.8, 4) is 5.75 Å². The topological polar surface area (TPSA) is 44.5 Å². The third-order valence-electron chi connectivity index (χ3n) is 3.84. The zero-order valence-corrected chi connectivity index (χ0v) is 11.1.